The van der Waals surface area contributed by atoms with Gasteiger partial charge in [0.25, 0.3) is 0 Å². The highest BCUT2D eigenvalue weighted by atomic mass is 32.2. The van der Waals surface area contributed by atoms with Gasteiger partial charge in [-0.2, -0.15) is 0 Å². The lowest BCUT2D eigenvalue weighted by atomic mass is 10.0. The quantitative estimate of drug-likeness (QED) is 0.749. The number of carbonyl (C=O) groups is 1. The Morgan fingerprint density at radius 1 is 1.61 bits per heavy atom. The second kappa shape index (κ2) is 5.51. The molecule has 102 valence electrons. The van der Waals surface area contributed by atoms with Crippen LogP contribution < -0.4 is 4.72 Å². The smallest absolute Gasteiger partial charge is 0.305 e. The van der Waals surface area contributed by atoms with Crippen molar-refractivity contribution in [1.29, 1.82) is 0 Å². The van der Waals surface area contributed by atoms with E-state index >= 15 is 0 Å². The van der Waals surface area contributed by atoms with Crippen LogP contribution in [0.4, 0.5) is 0 Å². The van der Waals surface area contributed by atoms with Gasteiger partial charge in [0.05, 0.1) is 24.8 Å². The fraction of sp³-hybridized carbons (Fsp3) is 0.500. The highest BCUT2D eigenvalue weighted by Gasteiger charge is 2.33. The van der Waals surface area contributed by atoms with Crippen LogP contribution in [0, 0.1) is 0 Å². The summed E-state index contributed by atoms with van der Waals surface area (Å²) in [4.78, 5) is 10.7. The lowest BCUT2D eigenvalue weighted by Crippen LogP contribution is -2.50. The summed E-state index contributed by atoms with van der Waals surface area (Å²) in [7, 11) is -2.46. The molecule has 0 bridgehead atoms. The predicted octanol–water partition coefficient (Wildman–Crippen LogP) is 0.438. The van der Waals surface area contributed by atoms with E-state index in [9.17, 15) is 13.2 Å². The Kier molecular flexibility index (Phi) is 4.49. The molecule has 0 saturated heterocycles. The zero-order chi connectivity index (χ0) is 13.8. The largest absolute Gasteiger partial charge is 0.481 e. The first kappa shape index (κ1) is 14.7. The van der Waals surface area contributed by atoms with Crippen LogP contribution in [0.15, 0.2) is 27.9 Å². The van der Waals surface area contributed by atoms with E-state index in [0.717, 1.165) is 6.26 Å². The SMILES string of the molecule is COCC(C)(CC(=O)O)NS(=O)(=O)c1ccoc1. The number of aliphatic carboxylic acids is 1. The van der Waals surface area contributed by atoms with Gasteiger partial charge in [-0.1, -0.05) is 0 Å². The minimum absolute atomic E-state index is 0.0591. The monoisotopic (exact) mass is 277 g/mol. The van der Waals surface area contributed by atoms with Crippen LogP contribution in [0.1, 0.15) is 13.3 Å². The summed E-state index contributed by atoms with van der Waals surface area (Å²) in [5, 5.41) is 8.79. The number of methoxy groups -OCH3 is 1. The van der Waals surface area contributed by atoms with Gasteiger partial charge in [0.15, 0.2) is 0 Å². The summed E-state index contributed by atoms with van der Waals surface area (Å²) in [6.07, 6.45) is 1.90. The second-order valence-corrected chi connectivity index (χ2v) is 5.81. The Balaban J connectivity index is 2.93. The molecule has 0 aliphatic heterocycles. The molecule has 1 unspecified atom stereocenters. The van der Waals surface area contributed by atoms with Gasteiger partial charge < -0.3 is 14.3 Å². The van der Waals surface area contributed by atoms with Gasteiger partial charge in [0.1, 0.15) is 11.2 Å². The van der Waals surface area contributed by atoms with Crippen LogP contribution in [0.5, 0.6) is 0 Å². The third kappa shape index (κ3) is 3.83. The van der Waals surface area contributed by atoms with E-state index in [2.05, 4.69) is 9.14 Å². The number of rotatable bonds is 7. The van der Waals surface area contributed by atoms with E-state index in [4.69, 9.17) is 9.84 Å². The summed E-state index contributed by atoms with van der Waals surface area (Å²) < 4.78 is 35.7. The third-order valence-corrected chi connectivity index (χ3v) is 3.80. The van der Waals surface area contributed by atoms with Crippen molar-refractivity contribution in [1.82, 2.24) is 4.72 Å². The van der Waals surface area contributed by atoms with Crippen molar-refractivity contribution in [3.8, 4) is 0 Å². The summed E-state index contributed by atoms with van der Waals surface area (Å²) in [6, 6.07) is 1.27. The number of carboxylic acid groups (broad SMARTS) is 1. The van der Waals surface area contributed by atoms with Gasteiger partial charge in [-0.3, -0.25) is 4.79 Å². The zero-order valence-corrected chi connectivity index (χ0v) is 10.9. The van der Waals surface area contributed by atoms with Crippen LogP contribution in [0.25, 0.3) is 0 Å². The maximum Gasteiger partial charge on any atom is 0.305 e. The summed E-state index contributed by atoms with van der Waals surface area (Å²) >= 11 is 0. The molecule has 0 fully saturated rings. The van der Waals surface area contributed by atoms with Crippen molar-refractivity contribution in [2.24, 2.45) is 0 Å². The van der Waals surface area contributed by atoms with Crippen LogP contribution in [0.2, 0.25) is 0 Å². The Morgan fingerprint density at radius 3 is 2.72 bits per heavy atom. The molecular formula is C10H15NO6S. The normalized spacial score (nSPS) is 15.2. The number of hydrogen-bond acceptors (Lipinski definition) is 5. The Morgan fingerprint density at radius 2 is 2.28 bits per heavy atom. The first-order valence-corrected chi connectivity index (χ1v) is 6.54. The molecule has 1 rings (SSSR count). The average Bonchev–Trinajstić information content (AvgIpc) is 2.67. The molecule has 0 radical (unpaired) electrons. The fourth-order valence-electron chi connectivity index (χ4n) is 1.56. The number of furan rings is 1. The zero-order valence-electron chi connectivity index (χ0n) is 10.0. The van der Waals surface area contributed by atoms with E-state index in [0.29, 0.717) is 0 Å². The molecule has 7 nitrogen and oxygen atoms in total. The van der Waals surface area contributed by atoms with Crippen molar-refractivity contribution >= 4 is 16.0 Å². The molecule has 0 saturated carbocycles. The van der Waals surface area contributed by atoms with Gasteiger partial charge in [-0.05, 0) is 13.0 Å². The van der Waals surface area contributed by atoms with Crippen LogP contribution in [0.3, 0.4) is 0 Å². The predicted molar refractivity (Wildman–Crippen MR) is 61.6 cm³/mol. The lowest BCUT2D eigenvalue weighted by Gasteiger charge is -2.27. The van der Waals surface area contributed by atoms with Crippen molar-refractivity contribution < 1.29 is 27.5 Å². The Labute approximate surface area is 105 Å². The van der Waals surface area contributed by atoms with Gasteiger partial charge in [0.2, 0.25) is 10.0 Å². The van der Waals surface area contributed by atoms with Crippen molar-refractivity contribution in [2.75, 3.05) is 13.7 Å². The summed E-state index contributed by atoms with van der Waals surface area (Å²) in [5.41, 5.74) is -1.23. The third-order valence-electron chi connectivity index (χ3n) is 2.19. The number of nitrogens with one attached hydrogen (secondary N) is 1. The molecule has 8 heteroatoms. The Hall–Kier alpha value is -1.38. The van der Waals surface area contributed by atoms with Crippen LogP contribution in [-0.4, -0.2) is 38.7 Å². The van der Waals surface area contributed by atoms with Gasteiger partial charge in [0, 0.05) is 7.11 Å². The molecule has 1 atom stereocenters. The molecule has 2 N–H and O–H groups in total. The molecule has 1 aromatic rings. The van der Waals surface area contributed by atoms with Crippen LogP contribution >= 0.6 is 0 Å². The molecule has 1 heterocycles. The Bertz CT molecular complexity index is 494. The number of carboxylic acids is 1. The molecular weight excluding hydrogens is 262 g/mol. The first-order valence-electron chi connectivity index (χ1n) is 5.06. The molecule has 0 aliphatic rings. The standard InChI is InChI=1S/C10H15NO6S/c1-10(7-16-2,5-9(12)13)11-18(14,15)8-3-4-17-6-8/h3-4,6,11H,5,7H2,1-2H3,(H,12,13). The maximum absolute atomic E-state index is 11.9. The first-order chi connectivity index (χ1) is 8.29. The second-order valence-electron chi connectivity index (χ2n) is 4.13. The van der Waals surface area contributed by atoms with Crippen LogP contribution in [-0.2, 0) is 19.6 Å². The van der Waals surface area contributed by atoms with E-state index in [1.807, 2.05) is 0 Å². The topological polar surface area (TPSA) is 106 Å². The lowest BCUT2D eigenvalue weighted by molar-refractivity contribution is -0.138. The fourth-order valence-corrected chi connectivity index (χ4v) is 2.87. The van der Waals surface area contributed by atoms with E-state index in [1.54, 1.807) is 0 Å². The van der Waals surface area contributed by atoms with Crippen molar-refractivity contribution in [3.05, 3.63) is 18.6 Å². The molecule has 0 spiro atoms. The molecule has 1 aromatic heterocycles. The van der Waals surface area contributed by atoms with E-state index in [1.165, 1.54) is 26.4 Å². The number of hydrogen-bond donors (Lipinski definition) is 2. The minimum Gasteiger partial charge on any atom is -0.481 e. The maximum atomic E-state index is 11.9. The highest BCUT2D eigenvalue weighted by molar-refractivity contribution is 7.89. The van der Waals surface area contributed by atoms with Gasteiger partial charge >= 0.3 is 5.97 Å². The van der Waals surface area contributed by atoms with E-state index in [-0.39, 0.29) is 11.5 Å². The van der Waals surface area contributed by atoms with Gasteiger partial charge in [-0.15, -0.1) is 0 Å². The minimum atomic E-state index is -3.83. The number of sulfonamides is 1. The molecule has 0 aliphatic carbocycles. The molecule has 0 amide bonds. The number of ether oxygens (including phenoxy) is 1. The summed E-state index contributed by atoms with van der Waals surface area (Å²) in [6.45, 7) is 1.40. The van der Waals surface area contributed by atoms with Gasteiger partial charge in [-0.25, -0.2) is 13.1 Å². The van der Waals surface area contributed by atoms with E-state index < -0.39 is 28.0 Å². The van der Waals surface area contributed by atoms with Crippen molar-refractivity contribution in [2.45, 2.75) is 23.8 Å². The molecule has 0 aromatic carbocycles. The van der Waals surface area contributed by atoms with Crippen molar-refractivity contribution in [3.63, 3.8) is 0 Å². The highest BCUT2D eigenvalue weighted by Crippen LogP contribution is 2.17. The average molecular weight is 277 g/mol. The molecule has 18 heavy (non-hydrogen) atoms. The summed E-state index contributed by atoms with van der Waals surface area (Å²) in [5.74, 6) is -1.12.